The van der Waals surface area contributed by atoms with Gasteiger partial charge in [-0.1, -0.05) is 12.1 Å². The van der Waals surface area contributed by atoms with Crippen LogP contribution in [-0.2, 0) is 13.1 Å². The van der Waals surface area contributed by atoms with Gasteiger partial charge in [0.1, 0.15) is 13.1 Å². The Hall–Kier alpha value is -1.74. The molecule has 76 valence electrons. The zero-order valence-corrected chi connectivity index (χ0v) is 8.50. The number of hydrogen-bond donors (Lipinski definition) is 1. The Morgan fingerprint density at radius 1 is 1.00 bits per heavy atom. The minimum absolute atomic E-state index is 0.912. The van der Waals surface area contributed by atoms with Gasteiger partial charge in [0.15, 0.2) is 0 Å². The van der Waals surface area contributed by atoms with Gasteiger partial charge in [-0.15, -0.1) is 0 Å². The lowest BCUT2D eigenvalue weighted by atomic mass is 10.3. The zero-order valence-electron chi connectivity index (χ0n) is 8.50. The summed E-state index contributed by atoms with van der Waals surface area (Å²) in [5, 5.41) is 2.22. The fourth-order valence-electron chi connectivity index (χ4n) is 1.42. The van der Waals surface area contributed by atoms with Crippen molar-refractivity contribution in [3.63, 3.8) is 0 Å². The Kier molecular flexibility index (Phi) is 3.41. The second kappa shape index (κ2) is 5.22. The fourth-order valence-corrected chi connectivity index (χ4v) is 1.42. The molecule has 0 aliphatic rings. The normalized spacial score (nSPS) is 10.1. The molecular formula is C12H14N3+. The highest BCUT2D eigenvalue weighted by atomic mass is 14.9. The number of aromatic nitrogens is 2. The molecule has 0 saturated carbocycles. The van der Waals surface area contributed by atoms with Gasteiger partial charge >= 0.3 is 0 Å². The predicted octanol–water partition coefficient (Wildman–Crippen LogP) is 0.740. The molecule has 2 aromatic heterocycles. The summed E-state index contributed by atoms with van der Waals surface area (Å²) in [5.74, 6) is 0. The lowest BCUT2D eigenvalue weighted by Gasteiger charge is -2.00. The first kappa shape index (κ1) is 9.80. The van der Waals surface area contributed by atoms with Gasteiger partial charge in [-0.2, -0.15) is 0 Å². The van der Waals surface area contributed by atoms with Crippen molar-refractivity contribution in [3.8, 4) is 0 Å². The van der Waals surface area contributed by atoms with E-state index in [2.05, 4.69) is 21.4 Å². The summed E-state index contributed by atoms with van der Waals surface area (Å²) >= 11 is 0. The van der Waals surface area contributed by atoms with E-state index in [4.69, 9.17) is 0 Å². The molecule has 15 heavy (non-hydrogen) atoms. The number of pyridine rings is 2. The van der Waals surface area contributed by atoms with Gasteiger partial charge in [-0.3, -0.25) is 9.97 Å². The van der Waals surface area contributed by atoms with Crippen molar-refractivity contribution in [1.82, 2.24) is 9.97 Å². The number of quaternary nitrogens is 1. The summed E-state index contributed by atoms with van der Waals surface area (Å²) in [6, 6.07) is 10.0. The van der Waals surface area contributed by atoms with Crippen molar-refractivity contribution < 1.29 is 5.32 Å². The smallest absolute Gasteiger partial charge is 0.119 e. The van der Waals surface area contributed by atoms with Crippen molar-refractivity contribution in [2.24, 2.45) is 0 Å². The number of nitrogens with zero attached hydrogens (tertiary/aromatic N) is 2. The average Bonchev–Trinajstić information content (AvgIpc) is 2.32. The first-order valence-electron chi connectivity index (χ1n) is 5.05. The van der Waals surface area contributed by atoms with E-state index < -0.39 is 0 Å². The Morgan fingerprint density at radius 3 is 2.73 bits per heavy atom. The van der Waals surface area contributed by atoms with Crippen LogP contribution in [0.1, 0.15) is 11.3 Å². The average molecular weight is 200 g/mol. The molecule has 0 spiro atoms. The molecule has 2 heterocycles. The topological polar surface area (TPSA) is 42.4 Å². The number of hydrogen-bond acceptors (Lipinski definition) is 2. The molecule has 0 unspecified atom stereocenters. The van der Waals surface area contributed by atoms with Gasteiger partial charge in [0.25, 0.3) is 0 Å². The molecule has 0 radical (unpaired) electrons. The van der Waals surface area contributed by atoms with E-state index in [0.29, 0.717) is 0 Å². The van der Waals surface area contributed by atoms with Gasteiger partial charge in [0, 0.05) is 24.2 Å². The molecule has 0 atom stereocenters. The van der Waals surface area contributed by atoms with Crippen molar-refractivity contribution >= 4 is 0 Å². The standard InChI is InChI=1S/C12H13N3/c1-2-7-15-12(5-1)10-14-9-11-4-3-6-13-8-11/h1-8,14H,9-10H2/p+1. The molecule has 0 bridgehead atoms. The molecule has 3 heteroatoms. The van der Waals surface area contributed by atoms with E-state index in [1.165, 1.54) is 5.56 Å². The van der Waals surface area contributed by atoms with Gasteiger partial charge < -0.3 is 5.32 Å². The molecule has 0 aliphatic carbocycles. The van der Waals surface area contributed by atoms with Gasteiger partial charge in [0.05, 0.1) is 5.69 Å². The summed E-state index contributed by atoms with van der Waals surface area (Å²) in [4.78, 5) is 8.34. The van der Waals surface area contributed by atoms with Crippen molar-refractivity contribution in [3.05, 3.63) is 60.2 Å². The van der Waals surface area contributed by atoms with Crippen molar-refractivity contribution in [2.45, 2.75) is 13.1 Å². The summed E-state index contributed by atoms with van der Waals surface area (Å²) in [5.41, 5.74) is 2.36. The first-order chi connectivity index (χ1) is 7.45. The SMILES string of the molecule is c1ccc(C[NH2+]Cc2cccnc2)nc1. The first-order valence-corrected chi connectivity index (χ1v) is 5.05. The lowest BCUT2D eigenvalue weighted by molar-refractivity contribution is -0.686. The molecule has 0 aliphatic heterocycles. The van der Waals surface area contributed by atoms with Crippen LogP contribution in [0.15, 0.2) is 48.9 Å². The highest BCUT2D eigenvalue weighted by Crippen LogP contribution is 1.92. The maximum absolute atomic E-state index is 4.26. The second-order valence-electron chi connectivity index (χ2n) is 3.38. The van der Waals surface area contributed by atoms with Crippen LogP contribution in [0.4, 0.5) is 0 Å². The molecule has 0 saturated heterocycles. The molecule has 2 aromatic rings. The summed E-state index contributed by atoms with van der Waals surface area (Å²) in [6.07, 6.45) is 5.52. The van der Waals surface area contributed by atoms with E-state index in [-0.39, 0.29) is 0 Å². The molecule has 2 rings (SSSR count). The van der Waals surface area contributed by atoms with Crippen LogP contribution >= 0.6 is 0 Å². The number of nitrogens with two attached hydrogens (primary N) is 1. The molecule has 2 N–H and O–H groups in total. The third kappa shape index (κ3) is 3.14. The van der Waals surface area contributed by atoms with Gasteiger partial charge in [-0.05, 0) is 18.2 Å². The Balaban J connectivity index is 1.81. The molecular weight excluding hydrogens is 186 g/mol. The Morgan fingerprint density at radius 2 is 2.00 bits per heavy atom. The molecule has 3 nitrogen and oxygen atoms in total. The molecule has 0 amide bonds. The molecule has 0 aromatic carbocycles. The zero-order chi connectivity index (χ0) is 10.3. The second-order valence-corrected chi connectivity index (χ2v) is 3.38. The Labute approximate surface area is 89.2 Å². The van der Waals surface area contributed by atoms with Crippen LogP contribution in [-0.4, -0.2) is 9.97 Å². The maximum Gasteiger partial charge on any atom is 0.119 e. The lowest BCUT2D eigenvalue weighted by Crippen LogP contribution is -2.80. The van der Waals surface area contributed by atoms with Gasteiger partial charge in [0.2, 0.25) is 0 Å². The third-order valence-corrected chi connectivity index (χ3v) is 2.18. The van der Waals surface area contributed by atoms with Crippen molar-refractivity contribution in [1.29, 1.82) is 0 Å². The predicted molar refractivity (Wildman–Crippen MR) is 57.8 cm³/mol. The van der Waals surface area contributed by atoms with E-state index in [1.54, 1.807) is 6.20 Å². The monoisotopic (exact) mass is 200 g/mol. The number of rotatable bonds is 4. The van der Waals surface area contributed by atoms with Crippen LogP contribution in [0.5, 0.6) is 0 Å². The summed E-state index contributed by atoms with van der Waals surface area (Å²) in [7, 11) is 0. The minimum Gasteiger partial charge on any atom is -0.337 e. The highest BCUT2D eigenvalue weighted by molar-refractivity contribution is 5.06. The Bertz CT molecular complexity index is 347. The van der Waals surface area contributed by atoms with Crippen LogP contribution < -0.4 is 5.32 Å². The fraction of sp³-hybridized carbons (Fsp3) is 0.167. The molecule has 0 fully saturated rings. The van der Waals surface area contributed by atoms with Gasteiger partial charge in [-0.25, -0.2) is 0 Å². The summed E-state index contributed by atoms with van der Waals surface area (Å²) in [6.45, 7) is 1.86. The maximum atomic E-state index is 4.26. The highest BCUT2D eigenvalue weighted by Gasteiger charge is 1.96. The van der Waals surface area contributed by atoms with Crippen LogP contribution in [0.3, 0.4) is 0 Å². The quantitative estimate of drug-likeness (QED) is 0.791. The van der Waals surface area contributed by atoms with E-state index in [1.807, 2.05) is 36.7 Å². The van der Waals surface area contributed by atoms with E-state index in [9.17, 15) is 0 Å². The van der Waals surface area contributed by atoms with E-state index in [0.717, 1.165) is 18.8 Å². The van der Waals surface area contributed by atoms with Crippen LogP contribution in [0, 0.1) is 0 Å². The third-order valence-electron chi connectivity index (χ3n) is 2.18. The largest absolute Gasteiger partial charge is 0.337 e. The van der Waals surface area contributed by atoms with Crippen LogP contribution in [0.25, 0.3) is 0 Å². The van der Waals surface area contributed by atoms with E-state index >= 15 is 0 Å². The van der Waals surface area contributed by atoms with Crippen LogP contribution in [0.2, 0.25) is 0 Å². The van der Waals surface area contributed by atoms with Crippen molar-refractivity contribution in [2.75, 3.05) is 0 Å². The summed E-state index contributed by atoms with van der Waals surface area (Å²) < 4.78 is 0. The minimum atomic E-state index is 0.912.